The summed E-state index contributed by atoms with van der Waals surface area (Å²) in [7, 11) is 0. The van der Waals surface area contributed by atoms with Crippen LogP contribution >= 0.6 is 11.6 Å². The molecule has 2 rings (SSSR count). The van der Waals surface area contributed by atoms with Crippen LogP contribution in [0.5, 0.6) is 0 Å². The average molecular weight is 292 g/mol. The molecule has 2 N–H and O–H groups in total. The molecule has 0 amide bonds. The number of anilines is 1. The maximum atomic E-state index is 10.5. The van der Waals surface area contributed by atoms with Gasteiger partial charge in [0.2, 0.25) is 0 Å². The van der Waals surface area contributed by atoms with Gasteiger partial charge in [0.1, 0.15) is 12.2 Å². The van der Waals surface area contributed by atoms with E-state index in [2.05, 4.69) is 15.6 Å². The minimum atomic E-state index is -0.982. The number of aliphatic carboxylic acids is 1. The summed E-state index contributed by atoms with van der Waals surface area (Å²) in [5.74, 6) is -0.982. The lowest BCUT2D eigenvalue weighted by Gasteiger charge is -2.06. The second-order valence-electron chi connectivity index (χ2n) is 3.96. The largest absolute Gasteiger partial charge is 0.480 e. The summed E-state index contributed by atoms with van der Waals surface area (Å²) in [6, 6.07) is 6.90. The first kappa shape index (κ1) is 13.8. The number of nitriles is 1. The van der Waals surface area contributed by atoms with Gasteiger partial charge in [0.15, 0.2) is 0 Å². The van der Waals surface area contributed by atoms with E-state index in [1.54, 1.807) is 24.4 Å². The number of benzene rings is 1. The number of nitrogens with zero attached hydrogens (tertiary/aromatic N) is 4. The first-order valence-electron chi connectivity index (χ1n) is 5.63. The Balaban J connectivity index is 2.00. The third-order valence-corrected chi connectivity index (χ3v) is 2.75. The molecular weight excluding hydrogens is 282 g/mol. The minimum Gasteiger partial charge on any atom is -0.480 e. The number of nitrogens with one attached hydrogen (secondary N) is 1. The number of carboxylic acids is 1. The van der Waals surface area contributed by atoms with Gasteiger partial charge in [-0.1, -0.05) is 16.8 Å². The maximum Gasteiger partial charge on any atom is 0.325 e. The highest BCUT2D eigenvalue weighted by Gasteiger charge is 2.06. The molecule has 0 saturated carbocycles. The molecule has 1 heterocycles. The van der Waals surface area contributed by atoms with Crippen LogP contribution < -0.4 is 5.32 Å². The van der Waals surface area contributed by atoms with Crippen LogP contribution in [0.4, 0.5) is 5.69 Å². The first-order valence-corrected chi connectivity index (χ1v) is 6.00. The van der Waals surface area contributed by atoms with Gasteiger partial charge in [-0.05, 0) is 18.2 Å². The van der Waals surface area contributed by atoms with Crippen molar-refractivity contribution in [3.8, 4) is 6.07 Å². The molecule has 0 aliphatic carbocycles. The van der Waals surface area contributed by atoms with E-state index < -0.39 is 5.97 Å². The van der Waals surface area contributed by atoms with Crippen molar-refractivity contribution in [2.24, 2.45) is 0 Å². The van der Waals surface area contributed by atoms with Gasteiger partial charge in [0.25, 0.3) is 0 Å². The second-order valence-corrected chi connectivity index (χ2v) is 4.37. The molecule has 8 heteroatoms. The summed E-state index contributed by atoms with van der Waals surface area (Å²) in [5.41, 5.74) is 1.73. The molecule has 0 unspecified atom stereocenters. The molecular formula is C12H10ClN5O2. The van der Waals surface area contributed by atoms with E-state index in [-0.39, 0.29) is 6.54 Å². The van der Waals surface area contributed by atoms with Gasteiger partial charge in [-0.15, -0.1) is 5.10 Å². The van der Waals surface area contributed by atoms with Gasteiger partial charge < -0.3 is 10.4 Å². The molecule has 20 heavy (non-hydrogen) atoms. The van der Waals surface area contributed by atoms with E-state index in [4.69, 9.17) is 22.0 Å². The van der Waals surface area contributed by atoms with Crippen LogP contribution in [0.15, 0.2) is 24.4 Å². The summed E-state index contributed by atoms with van der Waals surface area (Å²) in [6.45, 7) is 0.121. The van der Waals surface area contributed by atoms with E-state index in [9.17, 15) is 4.79 Å². The number of rotatable bonds is 5. The topological polar surface area (TPSA) is 104 Å². The average Bonchev–Trinajstić information content (AvgIpc) is 2.84. The van der Waals surface area contributed by atoms with Crippen LogP contribution in [-0.2, 0) is 17.9 Å². The highest BCUT2D eigenvalue weighted by Crippen LogP contribution is 2.23. The Hall–Kier alpha value is -2.59. The number of hydrogen-bond donors (Lipinski definition) is 2. The van der Waals surface area contributed by atoms with Crippen LogP contribution in [0.3, 0.4) is 0 Å². The highest BCUT2D eigenvalue weighted by atomic mass is 35.5. The minimum absolute atomic E-state index is 0.232. The van der Waals surface area contributed by atoms with Crippen LogP contribution in [0.25, 0.3) is 0 Å². The Morgan fingerprint density at radius 2 is 2.35 bits per heavy atom. The zero-order valence-electron chi connectivity index (χ0n) is 10.2. The van der Waals surface area contributed by atoms with Crippen molar-refractivity contribution in [2.45, 2.75) is 13.1 Å². The van der Waals surface area contributed by atoms with E-state index in [0.29, 0.717) is 28.5 Å². The highest BCUT2D eigenvalue weighted by molar-refractivity contribution is 6.33. The quantitative estimate of drug-likeness (QED) is 0.865. The van der Waals surface area contributed by atoms with E-state index in [1.807, 2.05) is 6.07 Å². The van der Waals surface area contributed by atoms with E-state index >= 15 is 0 Å². The Kier molecular flexibility index (Phi) is 4.17. The number of aromatic nitrogens is 3. The Labute approximate surface area is 119 Å². The molecule has 7 nitrogen and oxygen atoms in total. The van der Waals surface area contributed by atoms with Gasteiger partial charge in [0, 0.05) is 0 Å². The summed E-state index contributed by atoms with van der Waals surface area (Å²) < 4.78 is 1.24. The zero-order valence-corrected chi connectivity index (χ0v) is 11.0. The van der Waals surface area contributed by atoms with Crippen molar-refractivity contribution in [1.29, 1.82) is 5.26 Å². The lowest BCUT2D eigenvalue weighted by Crippen LogP contribution is -2.09. The number of hydrogen-bond acceptors (Lipinski definition) is 5. The number of carboxylic acid groups (broad SMARTS) is 1. The van der Waals surface area contributed by atoms with Gasteiger partial charge in [-0.2, -0.15) is 5.26 Å². The molecule has 0 aliphatic heterocycles. The molecule has 0 fully saturated rings. The molecule has 1 aromatic carbocycles. The molecule has 2 aromatic rings. The van der Waals surface area contributed by atoms with Gasteiger partial charge in [-0.25, -0.2) is 4.68 Å². The summed E-state index contributed by atoms with van der Waals surface area (Å²) >= 11 is 6.02. The van der Waals surface area contributed by atoms with Crippen molar-refractivity contribution in [1.82, 2.24) is 15.0 Å². The lowest BCUT2D eigenvalue weighted by atomic mass is 10.2. The lowest BCUT2D eigenvalue weighted by molar-refractivity contribution is -0.137. The van der Waals surface area contributed by atoms with Crippen LogP contribution in [0.1, 0.15) is 11.3 Å². The molecule has 0 aliphatic rings. The zero-order chi connectivity index (χ0) is 14.5. The molecule has 0 spiro atoms. The maximum absolute atomic E-state index is 10.5. The van der Waals surface area contributed by atoms with Crippen molar-refractivity contribution < 1.29 is 9.90 Å². The molecule has 1 aromatic heterocycles. The normalized spacial score (nSPS) is 10.0. The van der Waals surface area contributed by atoms with Crippen molar-refractivity contribution in [3.63, 3.8) is 0 Å². The van der Waals surface area contributed by atoms with Gasteiger partial charge in [0.05, 0.1) is 35.1 Å². The fourth-order valence-corrected chi connectivity index (χ4v) is 1.80. The van der Waals surface area contributed by atoms with E-state index in [0.717, 1.165) is 0 Å². The smallest absolute Gasteiger partial charge is 0.325 e. The number of halogens is 1. The van der Waals surface area contributed by atoms with Crippen LogP contribution in [0, 0.1) is 11.3 Å². The fraction of sp³-hybridized carbons (Fsp3) is 0.167. The summed E-state index contributed by atoms with van der Waals surface area (Å²) in [4.78, 5) is 10.5. The molecule has 102 valence electrons. The van der Waals surface area contributed by atoms with Crippen LogP contribution in [-0.4, -0.2) is 26.1 Å². The van der Waals surface area contributed by atoms with E-state index in [1.165, 1.54) is 4.68 Å². The standard InChI is InChI=1S/C12H10ClN5O2/c13-10-3-8(4-14)1-2-11(10)15-5-9-6-18(17-16-9)7-12(19)20/h1-3,6,15H,5,7H2,(H,19,20). The monoisotopic (exact) mass is 291 g/mol. The summed E-state index contributed by atoms with van der Waals surface area (Å²) in [6.07, 6.45) is 1.54. The SMILES string of the molecule is N#Cc1ccc(NCc2cn(CC(=O)O)nn2)c(Cl)c1. The third kappa shape index (κ3) is 3.46. The van der Waals surface area contributed by atoms with Gasteiger partial charge >= 0.3 is 5.97 Å². The van der Waals surface area contributed by atoms with Crippen molar-refractivity contribution >= 4 is 23.3 Å². The molecule has 0 atom stereocenters. The Morgan fingerprint density at radius 3 is 3.00 bits per heavy atom. The Bertz CT molecular complexity index is 677. The first-order chi connectivity index (χ1) is 9.58. The predicted octanol–water partition coefficient (Wildman–Crippen LogP) is 1.50. The van der Waals surface area contributed by atoms with Crippen LogP contribution in [0.2, 0.25) is 5.02 Å². The second kappa shape index (κ2) is 6.04. The molecule has 0 bridgehead atoms. The molecule has 0 saturated heterocycles. The van der Waals surface area contributed by atoms with Crippen molar-refractivity contribution in [3.05, 3.63) is 40.7 Å². The third-order valence-electron chi connectivity index (χ3n) is 2.44. The molecule has 0 radical (unpaired) electrons. The summed E-state index contributed by atoms with van der Waals surface area (Å²) in [5, 5.41) is 28.4. The number of carbonyl (C=O) groups is 1. The fourth-order valence-electron chi connectivity index (χ4n) is 1.55. The van der Waals surface area contributed by atoms with Gasteiger partial charge in [-0.3, -0.25) is 4.79 Å². The predicted molar refractivity (Wildman–Crippen MR) is 71.2 cm³/mol. The van der Waals surface area contributed by atoms with Crippen molar-refractivity contribution in [2.75, 3.05) is 5.32 Å². The Morgan fingerprint density at radius 1 is 1.55 bits per heavy atom.